The van der Waals surface area contributed by atoms with E-state index in [0.717, 1.165) is 37.9 Å². The first kappa shape index (κ1) is 20.2. The van der Waals surface area contributed by atoms with Crippen molar-refractivity contribution < 1.29 is 9.90 Å². The summed E-state index contributed by atoms with van der Waals surface area (Å²) in [5, 5.41) is 12.6. The van der Waals surface area contributed by atoms with E-state index in [1.165, 1.54) is 4.57 Å². The van der Waals surface area contributed by atoms with Crippen molar-refractivity contribution >= 4 is 34.8 Å². The molecule has 0 amide bonds. The molecule has 0 aliphatic carbocycles. The number of imidazole rings is 1. The molecule has 10 nitrogen and oxygen atoms in total. The largest absolute Gasteiger partial charge is 0.480 e. The van der Waals surface area contributed by atoms with E-state index < -0.39 is 12.0 Å². The van der Waals surface area contributed by atoms with Crippen LogP contribution < -0.4 is 21.5 Å². The van der Waals surface area contributed by atoms with Crippen LogP contribution >= 0.6 is 11.8 Å². The van der Waals surface area contributed by atoms with Gasteiger partial charge in [-0.2, -0.15) is 4.98 Å². The van der Waals surface area contributed by atoms with E-state index in [2.05, 4.69) is 32.0 Å². The lowest BCUT2D eigenvalue weighted by Gasteiger charge is -2.28. The predicted molar refractivity (Wildman–Crippen MR) is 108 cm³/mol. The Hall–Kier alpha value is -2.55. The Morgan fingerprint density at radius 3 is 2.75 bits per heavy atom. The summed E-state index contributed by atoms with van der Waals surface area (Å²) in [6.45, 7) is 5.32. The molecule has 0 bridgehead atoms. The summed E-state index contributed by atoms with van der Waals surface area (Å²) in [5.41, 5.74) is 6.04. The van der Waals surface area contributed by atoms with Crippen LogP contribution in [0.5, 0.6) is 0 Å². The lowest BCUT2D eigenvalue weighted by Crippen LogP contribution is -2.44. The summed E-state index contributed by atoms with van der Waals surface area (Å²) in [4.78, 5) is 35.2. The Balaban J connectivity index is 2.06. The molecule has 3 rings (SSSR count). The summed E-state index contributed by atoms with van der Waals surface area (Å²) >= 11 is 1.13. The number of aliphatic carboxylic acids is 1. The third kappa shape index (κ3) is 3.99. The highest BCUT2D eigenvalue weighted by atomic mass is 32.2. The van der Waals surface area contributed by atoms with Gasteiger partial charge in [0.05, 0.1) is 6.54 Å². The van der Waals surface area contributed by atoms with Crippen molar-refractivity contribution in [3.8, 4) is 11.8 Å². The van der Waals surface area contributed by atoms with Crippen molar-refractivity contribution in [1.29, 1.82) is 0 Å². The molecule has 0 spiro atoms. The third-order valence-corrected chi connectivity index (χ3v) is 5.60. The maximum atomic E-state index is 13.0. The topological polar surface area (TPSA) is 131 Å². The van der Waals surface area contributed by atoms with Gasteiger partial charge in [-0.25, -0.2) is 4.98 Å². The van der Waals surface area contributed by atoms with E-state index in [4.69, 9.17) is 10.8 Å². The van der Waals surface area contributed by atoms with Crippen LogP contribution in [0.25, 0.3) is 11.2 Å². The van der Waals surface area contributed by atoms with E-state index in [-0.39, 0.29) is 11.3 Å². The van der Waals surface area contributed by atoms with Gasteiger partial charge in [0, 0.05) is 39.0 Å². The molecular weight excluding hydrogens is 382 g/mol. The first-order chi connectivity index (χ1) is 13.4. The van der Waals surface area contributed by atoms with Crippen LogP contribution in [-0.4, -0.2) is 68.2 Å². The van der Waals surface area contributed by atoms with Crippen LogP contribution in [0.3, 0.4) is 0 Å². The minimum Gasteiger partial charge on any atom is -0.480 e. The molecule has 2 aromatic rings. The molecule has 1 atom stereocenters. The summed E-state index contributed by atoms with van der Waals surface area (Å²) in [7, 11) is 1.61. The van der Waals surface area contributed by atoms with Gasteiger partial charge in [0.15, 0.2) is 16.3 Å². The molecule has 11 heteroatoms. The Labute approximate surface area is 166 Å². The monoisotopic (exact) mass is 405 g/mol. The molecule has 0 aromatic carbocycles. The number of hydrogen-bond acceptors (Lipinski definition) is 8. The Morgan fingerprint density at radius 1 is 1.39 bits per heavy atom. The van der Waals surface area contributed by atoms with E-state index >= 15 is 0 Å². The fourth-order valence-electron chi connectivity index (χ4n) is 2.91. The second-order valence-corrected chi connectivity index (χ2v) is 7.34. The zero-order valence-corrected chi connectivity index (χ0v) is 16.6. The number of nitrogens with one attached hydrogen (secondary N) is 1. The second kappa shape index (κ2) is 8.64. The zero-order valence-electron chi connectivity index (χ0n) is 15.8. The van der Waals surface area contributed by atoms with Crippen molar-refractivity contribution in [2.45, 2.75) is 24.7 Å². The van der Waals surface area contributed by atoms with Crippen molar-refractivity contribution in [3.63, 3.8) is 0 Å². The number of fused-ring (bicyclic) bond motifs is 1. The van der Waals surface area contributed by atoms with Gasteiger partial charge >= 0.3 is 5.97 Å². The average Bonchev–Trinajstić information content (AvgIpc) is 3.06. The van der Waals surface area contributed by atoms with Crippen LogP contribution in [0.15, 0.2) is 9.95 Å². The number of carboxylic acids is 1. The number of aromatic nitrogens is 4. The quantitative estimate of drug-likeness (QED) is 0.317. The van der Waals surface area contributed by atoms with Gasteiger partial charge in [-0.3, -0.25) is 18.7 Å². The lowest BCUT2D eigenvalue weighted by molar-refractivity contribution is -0.137. The van der Waals surface area contributed by atoms with Gasteiger partial charge in [0.1, 0.15) is 6.04 Å². The molecule has 2 aromatic heterocycles. The summed E-state index contributed by atoms with van der Waals surface area (Å²) in [5.74, 6) is 5.55. The standard InChI is InChI=1S/C17H23N7O3S/c1-3-4-7-24-12-13(20-16(24)23-8-5-19-6-9-23)21-17(22(2)14(12)25)28-10-11(18)15(26)27/h11,19H,5-10,18H2,1-2H3,(H,26,27). The maximum absolute atomic E-state index is 13.0. The second-order valence-electron chi connectivity index (χ2n) is 6.35. The molecule has 28 heavy (non-hydrogen) atoms. The molecule has 1 aliphatic rings. The molecule has 150 valence electrons. The normalized spacial score (nSPS) is 15.3. The highest BCUT2D eigenvalue weighted by Crippen LogP contribution is 2.22. The van der Waals surface area contributed by atoms with Crippen LogP contribution in [0.1, 0.15) is 6.92 Å². The molecule has 3 heterocycles. The number of thioether (sulfide) groups is 1. The van der Waals surface area contributed by atoms with Crippen LogP contribution in [-0.2, 0) is 18.4 Å². The number of anilines is 1. The number of piperazine rings is 1. The predicted octanol–water partition coefficient (Wildman–Crippen LogP) is -0.933. The fraction of sp³-hybridized carbons (Fsp3) is 0.529. The molecule has 0 saturated carbocycles. The highest BCUT2D eigenvalue weighted by Gasteiger charge is 2.23. The minimum absolute atomic E-state index is 0.105. The van der Waals surface area contributed by atoms with Gasteiger partial charge in [0.2, 0.25) is 5.95 Å². The number of carbonyl (C=O) groups is 1. The molecule has 1 saturated heterocycles. The highest BCUT2D eigenvalue weighted by molar-refractivity contribution is 7.99. The van der Waals surface area contributed by atoms with Gasteiger partial charge < -0.3 is 21.1 Å². The Morgan fingerprint density at radius 2 is 2.11 bits per heavy atom. The van der Waals surface area contributed by atoms with E-state index in [1.54, 1.807) is 14.0 Å². The molecule has 1 fully saturated rings. The zero-order chi connectivity index (χ0) is 20.3. The molecule has 1 aliphatic heterocycles. The van der Waals surface area contributed by atoms with Crippen molar-refractivity contribution in [2.24, 2.45) is 12.8 Å². The molecular formula is C17H23N7O3S. The first-order valence-corrected chi connectivity index (χ1v) is 9.86. The third-order valence-electron chi connectivity index (χ3n) is 4.45. The van der Waals surface area contributed by atoms with Gasteiger partial charge in [0.25, 0.3) is 5.56 Å². The molecule has 1 unspecified atom stereocenters. The van der Waals surface area contributed by atoms with Crippen molar-refractivity contribution in [3.05, 3.63) is 10.4 Å². The average molecular weight is 405 g/mol. The minimum atomic E-state index is -1.10. The van der Waals surface area contributed by atoms with Crippen molar-refractivity contribution in [1.82, 2.24) is 24.4 Å². The molecule has 0 radical (unpaired) electrons. The fourth-order valence-corrected chi connectivity index (χ4v) is 3.81. The number of hydrogen-bond donors (Lipinski definition) is 3. The van der Waals surface area contributed by atoms with Gasteiger partial charge in [-0.05, 0) is 6.92 Å². The summed E-state index contributed by atoms with van der Waals surface area (Å²) in [6, 6.07) is -1.04. The van der Waals surface area contributed by atoms with Crippen LogP contribution in [0.2, 0.25) is 0 Å². The smallest absolute Gasteiger partial charge is 0.321 e. The summed E-state index contributed by atoms with van der Waals surface area (Å²) in [6.07, 6.45) is 0. The van der Waals surface area contributed by atoms with Gasteiger partial charge in [-0.1, -0.05) is 17.7 Å². The SMILES string of the molecule is CC#CCn1c(N2CCNCC2)nc2nc(SCC(N)C(=O)O)n(C)c(=O)c21. The summed E-state index contributed by atoms with van der Waals surface area (Å²) < 4.78 is 3.21. The first-order valence-electron chi connectivity index (χ1n) is 8.87. The van der Waals surface area contributed by atoms with Crippen LogP contribution in [0, 0.1) is 11.8 Å². The lowest BCUT2D eigenvalue weighted by atomic mass is 10.4. The number of nitrogens with two attached hydrogens (primary N) is 1. The van der Waals surface area contributed by atoms with Crippen LogP contribution in [0.4, 0.5) is 5.95 Å². The maximum Gasteiger partial charge on any atom is 0.321 e. The van der Waals surface area contributed by atoms with E-state index in [1.807, 2.05) is 4.57 Å². The molecule has 4 N–H and O–H groups in total. The Kier molecular flexibility index (Phi) is 6.23. The number of nitrogens with zero attached hydrogens (tertiary/aromatic N) is 5. The number of rotatable bonds is 6. The van der Waals surface area contributed by atoms with Crippen molar-refractivity contribution in [2.75, 3.05) is 36.8 Å². The number of carboxylic acid groups (broad SMARTS) is 1. The van der Waals surface area contributed by atoms with Gasteiger partial charge in [-0.15, -0.1) is 5.92 Å². The Bertz CT molecular complexity index is 998. The van der Waals surface area contributed by atoms with E-state index in [9.17, 15) is 9.59 Å². The van der Waals surface area contributed by atoms with E-state index in [0.29, 0.717) is 28.8 Å².